The lowest BCUT2D eigenvalue weighted by molar-refractivity contribution is -0.111. The van der Waals surface area contributed by atoms with E-state index in [0.29, 0.717) is 23.1 Å². The van der Waals surface area contributed by atoms with E-state index in [1.165, 1.54) is 34.3 Å². The molecule has 1 aromatic heterocycles. The molecule has 5 heteroatoms. The molecule has 1 aliphatic carbocycles. The first-order valence-corrected chi connectivity index (χ1v) is 11.7. The number of thiophene rings is 1. The van der Waals surface area contributed by atoms with E-state index in [4.69, 9.17) is 4.74 Å². The molecule has 1 heterocycles. The van der Waals surface area contributed by atoms with Crippen LogP contribution < -0.4 is 5.32 Å². The van der Waals surface area contributed by atoms with E-state index >= 15 is 0 Å². The van der Waals surface area contributed by atoms with E-state index in [-0.39, 0.29) is 11.9 Å². The van der Waals surface area contributed by atoms with Gasteiger partial charge in [0.25, 0.3) is 0 Å². The van der Waals surface area contributed by atoms with Crippen LogP contribution in [0.2, 0.25) is 0 Å². The minimum absolute atomic E-state index is 0.233. The molecule has 160 valence electrons. The van der Waals surface area contributed by atoms with Crippen molar-refractivity contribution >= 4 is 34.3 Å². The third-order valence-electron chi connectivity index (χ3n) is 5.33. The Morgan fingerprint density at radius 2 is 1.87 bits per heavy atom. The molecule has 3 rings (SSSR count). The fraction of sp³-hybridized carbons (Fsp3) is 0.440. The normalized spacial score (nSPS) is 13.9. The van der Waals surface area contributed by atoms with Crippen LogP contribution in [-0.4, -0.2) is 18.5 Å². The van der Waals surface area contributed by atoms with Gasteiger partial charge in [-0.1, -0.05) is 51.5 Å². The molecule has 0 radical (unpaired) electrons. The van der Waals surface area contributed by atoms with Gasteiger partial charge in [-0.05, 0) is 60.8 Å². The second kappa shape index (κ2) is 10.6. The summed E-state index contributed by atoms with van der Waals surface area (Å²) in [5.41, 5.74) is 3.88. The van der Waals surface area contributed by atoms with Crippen LogP contribution in [0.5, 0.6) is 0 Å². The molecule has 30 heavy (non-hydrogen) atoms. The number of fused-ring (bicyclic) bond motifs is 1. The maximum Gasteiger partial charge on any atom is 0.341 e. The Bertz CT molecular complexity index is 909. The van der Waals surface area contributed by atoms with E-state index in [0.717, 1.165) is 43.2 Å². The first-order valence-electron chi connectivity index (χ1n) is 10.9. The number of amides is 1. The summed E-state index contributed by atoms with van der Waals surface area (Å²) in [5, 5.41) is 3.56. The molecular formula is C25H31NO3S. The zero-order valence-corrected chi connectivity index (χ0v) is 18.9. The number of hydrogen-bond donors (Lipinski definition) is 1. The third-order valence-corrected chi connectivity index (χ3v) is 6.54. The quantitative estimate of drug-likeness (QED) is 0.319. The van der Waals surface area contributed by atoms with Gasteiger partial charge in [0, 0.05) is 11.0 Å². The van der Waals surface area contributed by atoms with E-state index < -0.39 is 0 Å². The molecular weight excluding hydrogens is 394 g/mol. The number of ether oxygens (including phenoxy) is 1. The van der Waals surface area contributed by atoms with Gasteiger partial charge in [-0.15, -0.1) is 11.3 Å². The van der Waals surface area contributed by atoms with Crippen molar-refractivity contribution in [2.45, 2.75) is 65.2 Å². The number of hydrogen-bond acceptors (Lipinski definition) is 4. The van der Waals surface area contributed by atoms with Crippen LogP contribution in [0.15, 0.2) is 30.3 Å². The summed E-state index contributed by atoms with van der Waals surface area (Å²) in [6, 6.07) is 8.20. The number of aryl methyl sites for hydroxylation is 1. The number of carbonyl (C=O) groups is 2. The third kappa shape index (κ3) is 5.60. The molecule has 0 spiro atoms. The second-order valence-corrected chi connectivity index (χ2v) is 9.15. The largest absolute Gasteiger partial charge is 0.462 e. The topological polar surface area (TPSA) is 55.4 Å². The summed E-state index contributed by atoms with van der Waals surface area (Å²) in [5.74, 6) is -0.0741. The fourth-order valence-electron chi connectivity index (χ4n) is 3.63. The van der Waals surface area contributed by atoms with E-state index in [1.807, 2.05) is 19.1 Å². The van der Waals surface area contributed by atoms with Gasteiger partial charge in [-0.3, -0.25) is 4.79 Å². The predicted octanol–water partition coefficient (Wildman–Crippen LogP) is 6.36. The van der Waals surface area contributed by atoms with Crippen molar-refractivity contribution in [1.29, 1.82) is 0 Å². The average Bonchev–Trinajstić information content (AvgIpc) is 2.91. The molecule has 0 fully saturated rings. The molecule has 0 aliphatic heterocycles. The highest BCUT2D eigenvalue weighted by molar-refractivity contribution is 7.17. The van der Waals surface area contributed by atoms with Crippen molar-refractivity contribution in [3.63, 3.8) is 0 Å². The first-order chi connectivity index (χ1) is 14.5. The van der Waals surface area contributed by atoms with Crippen molar-refractivity contribution in [2.24, 2.45) is 0 Å². The van der Waals surface area contributed by atoms with Crippen LogP contribution in [0.25, 0.3) is 6.08 Å². The van der Waals surface area contributed by atoms with Crippen molar-refractivity contribution in [1.82, 2.24) is 0 Å². The van der Waals surface area contributed by atoms with Crippen LogP contribution in [0.4, 0.5) is 5.00 Å². The molecule has 1 amide bonds. The van der Waals surface area contributed by atoms with Gasteiger partial charge in [0.2, 0.25) is 5.91 Å². The molecule has 1 aromatic carbocycles. The van der Waals surface area contributed by atoms with Crippen molar-refractivity contribution in [3.05, 3.63) is 57.5 Å². The lowest BCUT2D eigenvalue weighted by atomic mass is 10.0. The molecule has 0 unspecified atom stereocenters. The molecule has 1 N–H and O–H groups in total. The highest BCUT2D eigenvalue weighted by Gasteiger charge is 2.26. The zero-order chi connectivity index (χ0) is 21.5. The summed E-state index contributed by atoms with van der Waals surface area (Å²) >= 11 is 1.53. The highest BCUT2D eigenvalue weighted by Crippen LogP contribution is 2.38. The number of benzene rings is 1. The van der Waals surface area contributed by atoms with Crippen LogP contribution in [0.3, 0.4) is 0 Å². The lowest BCUT2D eigenvalue weighted by Crippen LogP contribution is -2.13. The Kier molecular flexibility index (Phi) is 7.86. The molecule has 0 saturated heterocycles. The summed E-state index contributed by atoms with van der Waals surface area (Å²) in [7, 11) is 0. The maximum absolute atomic E-state index is 12.7. The number of esters is 1. The van der Waals surface area contributed by atoms with Crippen LogP contribution in [0.1, 0.15) is 84.3 Å². The monoisotopic (exact) mass is 425 g/mol. The fourth-order valence-corrected chi connectivity index (χ4v) is 4.91. The number of anilines is 1. The van der Waals surface area contributed by atoms with Gasteiger partial charge in [-0.25, -0.2) is 4.79 Å². The molecule has 4 nitrogen and oxygen atoms in total. The van der Waals surface area contributed by atoms with Gasteiger partial charge in [-0.2, -0.15) is 0 Å². The van der Waals surface area contributed by atoms with Gasteiger partial charge in [0.05, 0.1) is 12.2 Å². The molecule has 0 saturated carbocycles. The number of rotatable bonds is 7. The molecule has 1 aliphatic rings. The number of carbonyl (C=O) groups excluding carboxylic acids is 2. The maximum atomic E-state index is 12.7. The first kappa shape index (κ1) is 22.3. The van der Waals surface area contributed by atoms with Crippen LogP contribution >= 0.6 is 11.3 Å². The molecule has 2 aromatic rings. The van der Waals surface area contributed by atoms with E-state index in [2.05, 4.69) is 31.3 Å². The minimum atomic E-state index is -0.320. The predicted molar refractivity (Wildman–Crippen MR) is 124 cm³/mol. The van der Waals surface area contributed by atoms with Crippen LogP contribution in [0, 0.1) is 0 Å². The Labute approximate surface area is 183 Å². The standard InChI is InChI=1S/C25H31NO3S/c1-4-16-29-25(28)23-20-8-6-5-7-9-21(20)30-24(23)26-22(27)15-12-18-10-13-19(14-11-18)17(2)3/h10-15,17H,4-9,16H2,1-3H3,(H,26,27)/b15-12+. The summed E-state index contributed by atoms with van der Waals surface area (Å²) < 4.78 is 5.42. The minimum Gasteiger partial charge on any atom is -0.462 e. The van der Waals surface area contributed by atoms with Gasteiger partial charge >= 0.3 is 5.97 Å². The van der Waals surface area contributed by atoms with Gasteiger partial charge in [0.1, 0.15) is 5.00 Å². The molecule has 0 atom stereocenters. The Balaban J connectivity index is 1.77. The van der Waals surface area contributed by atoms with Gasteiger partial charge < -0.3 is 10.1 Å². The summed E-state index contributed by atoms with van der Waals surface area (Å²) in [4.78, 5) is 26.5. The number of nitrogens with one attached hydrogen (secondary N) is 1. The average molecular weight is 426 g/mol. The lowest BCUT2D eigenvalue weighted by Gasteiger charge is -2.08. The summed E-state index contributed by atoms with van der Waals surface area (Å²) in [6.45, 7) is 6.68. The Morgan fingerprint density at radius 3 is 2.57 bits per heavy atom. The van der Waals surface area contributed by atoms with Crippen molar-refractivity contribution in [3.8, 4) is 0 Å². The second-order valence-electron chi connectivity index (χ2n) is 8.05. The SMILES string of the molecule is CCCOC(=O)c1c(NC(=O)/C=C/c2ccc(C(C)C)cc2)sc2c1CCCCC2. The Morgan fingerprint density at radius 1 is 1.13 bits per heavy atom. The van der Waals surface area contributed by atoms with E-state index in [9.17, 15) is 9.59 Å². The van der Waals surface area contributed by atoms with E-state index in [1.54, 1.807) is 6.08 Å². The molecule has 0 bridgehead atoms. The zero-order valence-electron chi connectivity index (χ0n) is 18.1. The van der Waals surface area contributed by atoms with Crippen molar-refractivity contribution < 1.29 is 14.3 Å². The smallest absolute Gasteiger partial charge is 0.341 e. The van der Waals surface area contributed by atoms with Crippen LogP contribution in [-0.2, 0) is 22.4 Å². The summed E-state index contributed by atoms with van der Waals surface area (Å²) in [6.07, 6.45) is 9.29. The van der Waals surface area contributed by atoms with Gasteiger partial charge in [0.15, 0.2) is 0 Å². The van der Waals surface area contributed by atoms with Crippen molar-refractivity contribution in [2.75, 3.05) is 11.9 Å². The Hall–Kier alpha value is -2.40. The highest BCUT2D eigenvalue weighted by atomic mass is 32.1.